The molecule has 1 N–H and O–H groups in total. The number of unbranched alkanes of at least 4 members (excludes halogenated alkanes) is 1. The summed E-state index contributed by atoms with van der Waals surface area (Å²) in [6.45, 7) is 2.16. The minimum atomic E-state index is 0.257. The van der Waals surface area contributed by atoms with Crippen LogP contribution in [0.5, 0.6) is 0 Å². The van der Waals surface area contributed by atoms with Gasteiger partial charge < -0.3 is 9.63 Å². The molecule has 0 amide bonds. The summed E-state index contributed by atoms with van der Waals surface area (Å²) in [6, 6.07) is 1.93. The molecule has 1 aromatic heterocycles. The van der Waals surface area contributed by atoms with Crippen LogP contribution in [-0.2, 0) is 6.42 Å². The van der Waals surface area contributed by atoms with E-state index < -0.39 is 0 Å². The Morgan fingerprint density at radius 2 is 2.36 bits per heavy atom. The number of hydrogen-bond donors (Lipinski definition) is 1. The van der Waals surface area contributed by atoms with Crippen molar-refractivity contribution >= 4 is 0 Å². The molecule has 0 aromatic carbocycles. The van der Waals surface area contributed by atoms with Crippen molar-refractivity contribution in [3.05, 3.63) is 17.5 Å². The largest absolute Gasteiger partial charge is 0.396 e. The zero-order valence-corrected chi connectivity index (χ0v) is 6.71. The zero-order valence-electron chi connectivity index (χ0n) is 6.71. The Morgan fingerprint density at radius 1 is 1.55 bits per heavy atom. The first kappa shape index (κ1) is 8.27. The molecule has 0 bridgehead atoms. The number of aryl methyl sites for hydroxylation is 2. The molecule has 62 valence electrons. The Bertz CT molecular complexity index is 208. The van der Waals surface area contributed by atoms with Gasteiger partial charge >= 0.3 is 0 Å². The summed E-state index contributed by atoms with van der Waals surface area (Å²) < 4.78 is 4.98. The molecule has 0 saturated heterocycles. The van der Waals surface area contributed by atoms with E-state index in [4.69, 9.17) is 9.63 Å². The van der Waals surface area contributed by atoms with Crippen LogP contribution in [0.4, 0.5) is 0 Å². The first-order valence-corrected chi connectivity index (χ1v) is 3.86. The molecule has 0 atom stereocenters. The number of rotatable bonds is 4. The van der Waals surface area contributed by atoms with Gasteiger partial charge in [-0.1, -0.05) is 5.16 Å². The predicted molar refractivity (Wildman–Crippen MR) is 41.3 cm³/mol. The summed E-state index contributed by atoms with van der Waals surface area (Å²) in [4.78, 5) is 0. The first-order chi connectivity index (χ1) is 5.33. The molecule has 0 saturated carbocycles. The molecule has 0 aliphatic carbocycles. The Morgan fingerprint density at radius 3 is 2.91 bits per heavy atom. The van der Waals surface area contributed by atoms with Gasteiger partial charge in [0, 0.05) is 19.1 Å². The molecule has 0 aliphatic rings. The van der Waals surface area contributed by atoms with Gasteiger partial charge in [0.05, 0.1) is 5.69 Å². The van der Waals surface area contributed by atoms with Crippen molar-refractivity contribution in [3.63, 3.8) is 0 Å². The Labute approximate surface area is 66.0 Å². The van der Waals surface area contributed by atoms with Crippen LogP contribution in [0.1, 0.15) is 24.3 Å². The summed E-state index contributed by atoms with van der Waals surface area (Å²) in [5.41, 5.74) is 0.920. The van der Waals surface area contributed by atoms with Crippen molar-refractivity contribution < 1.29 is 9.63 Å². The number of nitrogens with zero attached hydrogens (tertiary/aromatic N) is 1. The van der Waals surface area contributed by atoms with E-state index in [1.807, 2.05) is 13.0 Å². The molecule has 1 heterocycles. The van der Waals surface area contributed by atoms with E-state index in [9.17, 15) is 0 Å². The lowest BCUT2D eigenvalue weighted by molar-refractivity contribution is 0.281. The zero-order chi connectivity index (χ0) is 8.10. The van der Waals surface area contributed by atoms with Gasteiger partial charge in [-0.2, -0.15) is 0 Å². The molecule has 1 rings (SSSR count). The summed E-state index contributed by atoms with van der Waals surface area (Å²) in [5.74, 6) is 0.913. The van der Waals surface area contributed by atoms with Crippen molar-refractivity contribution in [3.8, 4) is 0 Å². The highest BCUT2D eigenvalue weighted by molar-refractivity contribution is 5.02. The summed E-state index contributed by atoms with van der Waals surface area (Å²) >= 11 is 0. The van der Waals surface area contributed by atoms with E-state index in [1.165, 1.54) is 0 Å². The van der Waals surface area contributed by atoms with Gasteiger partial charge in [-0.15, -0.1) is 0 Å². The smallest absolute Gasteiger partial charge is 0.136 e. The molecule has 0 radical (unpaired) electrons. The van der Waals surface area contributed by atoms with Crippen LogP contribution >= 0.6 is 0 Å². The Kier molecular flexibility index (Phi) is 3.11. The van der Waals surface area contributed by atoms with Gasteiger partial charge in [0.1, 0.15) is 5.76 Å². The molecule has 1 aromatic rings. The van der Waals surface area contributed by atoms with E-state index in [2.05, 4.69) is 5.16 Å². The highest BCUT2D eigenvalue weighted by atomic mass is 16.5. The average molecular weight is 155 g/mol. The van der Waals surface area contributed by atoms with Crippen LogP contribution in [0.3, 0.4) is 0 Å². The maximum atomic E-state index is 8.50. The standard InChI is InChI=1S/C8H13NO2/c1-7-6-8(11-9-7)4-2-3-5-10/h6,10H,2-5H2,1H3. The van der Waals surface area contributed by atoms with Crippen LogP contribution in [0.25, 0.3) is 0 Å². The van der Waals surface area contributed by atoms with Crippen molar-refractivity contribution in [2.24, 2.45) is 0 Å². The summed E-state index contributed by atoms with van der Waals surface area (Å²) in [7, 11) is 0. The molecule has 0 unspecified atom stereocenters. The maximum Gasteiger partial charge on any atom is 0.136 e. The second kappa shape index (κ2) is 4.13. The third kappa shape index (κ3) is 2.72. The quantitative estimate of drug-likeness (QED) is 0.666. The second-order valence-corrected chi connectivity index (χ2v) is 2.62. The fraction of sp³-hybridized carbons (Fsp3) is 0.625. The minimum Gasteiger partial charge on any atom is -0.396 e. The fourth-order valence-corrected chi connectivity index (χ4v) is 0.945. The van der Waals surface area contributed by atoms with E-state index >= 15 is 0 Å². The van der Waals surface area contributed by atoms with E-state index in [-0.39, 0.29) is 6.61 Å². The predicted octanol–water partition coefficient (Wildman–Crippen LogP) is 1.30. The van der Waals surface area contributed by atoms with Crippen LogP contribution in [-0.4, -0.2) is 16.9 Å². The molecular weight excluding hydrogens is 142 g/mol. The molecular formula is C8H13NO2. The van der Waals surface area contributed by atoms with Crippen LogP contribution in [0, 0.1) is 6.92 Å². The van der Waals surface area contributed by atoms with Crippen LogP contribution < -0.4 is 0 Å². The highest BCUT2D eigenvalue weighted by Gasteiger charge is 1.98. The molecule has 3 heteroatoms. The summed E-state index contributed by atoms with van der Waals surface area (Å²) in [6.07, 6.45) is 2.67. The minimum absolute atomic E-state index is 0.257. The SMILES string of the molecule is Cc1cc(CCCCO)on1. The van der Waals surface area contributed by atoms with Gasteiger partial charge in [-0.3, -0.25) is 0 Å². The van der Waals surface area contributed by atoms with Crippen molar-refractivity contribution in [2.45, 2.75) is 26.2 Å². The number of aliphatic hydroxyl groups is 1. The topological polar surface area (TPSA) is 46.3 Å². The van der Waals surface area contributed by atoms with E-state index in [1.54, 1.807) is 0 Å². The average Bonchev–Trinajstić information content (AvgIpc) is 2.37. The highest BCUT2D eigenvalue weighted by Crippen LogP contribution is 2.05. The van der Waals surface area contributed by atoms with Gasteiger partial charge in [0.2, 0.25) is 0 Å². The Balaban J connectivity index is 2.27. The lowest BCUT2D eigenvalue weighted by atomic mass is 10.2. The van der Waals surface area contributed by atoms with Crippen molar-refractivity contribution in [1.82, 2.24) is 5.16 Å². The fourth-order valence-electron chi connectivity index (χ4n) is 0.945. The lowest BCUT2D eigenvalue weighted by Crippen LogP contribution is -1.86. The second-order valence-electron chi connectivity index (χ2n) is 2.62. The summed E-state index contributed by atoms with van der Waals surface area (Å²) in [5, 5.41) is 12.3. The van der Waals surface area contributed by atoms with Gasteiger partial charge in [-0.25, -0.2) is 0 Å². The van der Waals surface area contributed by atoms with Crippen molar-refractivity contribution in [1.29, 1.82) is 0 Å². The van der Waals surface area contributed by atoms with Crippen LogP contribution in [0.2, 0.25) is 0 Å². The molecule has 0 fully saturated rings. The van der Waals surface area contributed by atoms with Gasteiger partial charge in [0.25, 0.3) is 0 Å². The molecule has 3 nitrogen and oxygen atoms in total. The molecule has 0 spiro atoms. The number of aliphatic hydroxyl groups excluding tert-OH is 1. The van der Waals surface area contributed by atoms with Gasteiger partial charge in [-0.05, 0) is 19.8 Å². The molecule has 0 aliphatic heterocycles. The monoisotopic (exact) mass is 155 g/mol. The normalized spacial score (nSPS) is 10.4. The third-order valence-electron chi connectivity index (χ3n) is 1.51. The van der Waals surface area contributed by atoms with Crippen molar-refractivity contribution in [2.75, 3.05) is 6.61 Å². The number of hydrogen-bond acceptors (Lipinski definition) is 3. The maximum absolute atomic E-state index is 8.50. The lowest BCUT2D eigenvalue weighted by Gasteiger charge is -1.91. The Hall–Kier alpha value is -0.830. The third-order valence-corrected chi connectivity index (χ3v) is 1.51. The van der Waals surface area contributed by atoms with Crippen LogP contribution in [0.15, 0.2) is 10.6 Å². The molecule has 11 heavy (non-hydrogen) atoms. The van der Waals surface area contributed by atoms with Gasteiger partial charge in [0.15, 0.2) is 0 Å². The van der Waals surface area contributed by atoms with E-state index in [0.29, 0.717) is 0 Å². The number of aromatic nitrogens is 1. The van der Waals surface area contributed by atoms with E-state index in [0.717, 1.165) is 30.7 Å². The first-order valence-electron chi connectivity index (χ1n) is 3.86.